The van der Waals surface area contributed by atoms with Crippen LogP contribution in [-0.4, -0.2) is 7.11 Å². The zero-order valence-electron chi connectivity index (χ0n) is 10.5. The number of rotatable bonds is 5. The number of benzene rings is 2. The maximum atomic E-state index is 6.13. The van der Waals surface area contributed by atoms with Crippen molar-refractivity contribution in [2.24, 2.45) is 0 Å². The Labute approximate surface area is 131 Å². The molecule has 0 saturated carbocycles. The van der Waals surface area contributed by atoms with E-state index in [1.165, 1.54) is 11.1 Å². The second kappa shape index (κ2) is 7.22. The molecule has 2 aromatic rings. The van der Waals surface area contributed by atoms with Crippen molar-refractivity contribution in [1.29, 1.82) is 0 Å². The van der Waals surface area contributed by atoms with Gasteiger partial charge >= 0.3 is 0 Å². The molecule has 2 aromatic carbocycles. The molecule has 1 nitrogen and oxygen atoms in total. The molecule has 0 saturated heterocycles. The van der Waals surface area contributed by atoms with Crippen molar-refractivity contribution in [2.45, 2.75) is 11.5 Å². The molecule has 0 heterocycles. The Morgan fingerprint density at radius 2 is 1.95 bits per heavy atom. The largest absolute Gasteiger partial charge is 0.496 e. The molecule has 4 heteroatoms. The Hall–Kier alpha value is -0.640. The summed E-state index contributed by atoms with van der Waals surface area (Å²) in [6, 6.07) is 14.1. The first-order valence-electron chi connectivity index (χ1n) is 5.84. The fraction of sp³-hybridized carbons (Fsp3) is 0.200. The third-order valence-corrected chi connectivity index (χ3v) is 4.74. The minimum atomic E-state index is 0.839. The van der Waals surface area contributed by atoms with Crippen LogP contribution in [0.25, 0.3) is 0 Å². The van der Waals surface area contributed by atoms with Gasteiger partial charge in [0.25, 0.3) is 0 Å². The fourth-order valence-corrected chi connectivity index (χ4v) is 3.55. The van der Waals surface area contributed by atoms with E-state index in [1.807, 2.05) is 36.0 Å². The van der Waals surface area contributed by atoms with Crippen molar-refractivity contribution in [3.63, 3.8) is 0 Å². The van der Waals surface area contributed by atoms with Gasteiger partial charge in [-0.05, 0) is 45.3 Å². The first-order chi connectivity index (χ1) is 9.20. The summed E-state index contributed by atoms with van der Waals surface area (Å²) in [7, 11) is 1.67. The number of hydrogen-bond donors (Lipinski definition) is 0. The lowest BCUT2D eigenvalue weighted by Gasteiger charge is -2.07. The topological polar surface area (TPSA) is 9.23 Å². The summed E-state index contributed by atoms with van der Waals surface area (Å²) in [5.41, 5.74) is 2.45. The maximum absolute atomic E-state index is 6.13. The van der Waals surface area contributed by atoms with E-state index < -0.39 is 0 Å². The summed E-state index contributed by atoms with van der Waals surface area (Å²) in [5.74, 6) is 2.73. The van der Waals surface area contributed by atoms with Gasteiger partial charge in [0.1, 0.15) is 5.75 Å². The Bertz CT molecular complexity index is 560. The number of methoxy groups -OCH3 is 1. The lowest BCUT2D eigenvalue weighted by atomic mass is 10.2. The van der Waals surface area contributed by atoms with Crippen molar-refractivity contribution in [1.82, 2.24) is 0 Å². The fourth-order valence-electron chi connectivity index (χ4n) is 1.69. The Balaban J connectivity index is 1.93. The standard InChI is InChI=1S/C15H14BrClOS/c1-18-15-7-6-11(8-13(15)16)9-19-10-12-4-2-3-5-14(12)17/h2-8H,9-10H2,1H3. The van der Waals surface area contributed by atoms with Crippen molar-refractivity contribution < 1.29 is 4.74 Å². The molecule has 0 atom stereocenters. The van der Waals surface area contributed by atoms with Crippen molar-refractivity contribution in [3.05, 3.63) is 63.1 Å². The Morgan fingerprint density at radius 3 is 2.63 bits per heavy atom. The van der Waals surface area contributed by atoms with Crippen molar-refractivity contribution >= 4 is 39.3 Å². The molecule has 0 fully saturated rings. The van der Waals surface area contributed by atoms with Gasteiger partial charge in [0.05, 0.1) is 11.6 Å². The normalized spacial score (nSPS) is 10.5. The molecule has 0 radical (unpaired) electrons. The lowest BCUT2D eigenvalue weighted by molar-refractivity contribution is 0.412. The van der Waals surface area contributed by atoms with Crippen LogP contribution in [0.15, 0.2) is 46.9 Å². The van der Waals surface area contributed by atoms with Gasteiger partial charge in [-0.1, -0.05) is 35.9 Å². The summed E-state index contributed by atoms with van der Waals surface area (Å²) in [4.78, 5) is 0. The Kier molecular flexibility index (Phi) is 5.61. The van der Waals surface area contributed by atoms with Crippen LogP contribution in [0.4, 0.5) is 0 Å². The van der Waals surface area contributed by atoms with E-state index in [2.05, 4.69) is 34.1 Å². The van der Waals surface area contributed by atoms with E-state index in [1.54, 1.807) is 7.11 Å². The molecule has 0 aliphatic rings. The zero-order chi connectivity index (χ0) is 13.7. The van der Waals surface area contributed by atoms with Gasteiger partial charge in [-0.15, -0.1) is 0 Å². The van der Waals surface area contributed by atoms with E-state index in [4.69, 9.17) is 16.3 Å². The predicted octanol–water partition coefficient (Wildman–Crippen LogP) is 5.54. The number of ether oxygens (including phenoxy) is 1. The second-order valence-corrected chi connectivity index (χ2v) is 6.30. The molecule has 19 heavy (non-hydrogen) atoms. The van der Waals surface area contributed by atoms with E-state index in [0.29, 0.717) is 0 Å². The van der Waals surface area contributed by atoms with Gasteiger partial charge in [0, 0.05) is 16.5 Å². The molecular formula is C15H14BrClOS. The highest BCUT2D eigenvalue weighted by atomic mass is 79.9. The lowest BCUT2D eigenvalue weighted by Crippen LogP contribution is -1.88. The molecule has 2 rings (SSSR count). The SMILES string of the molecule is COc1ccc(CSCc2ccccc2Cl)cc1Br. The van der Waals surface area contributed by atoms with Crippen LogP contribution in [0.3, 0.4) is 0 Å². The molecule has 0 N–H and O–H groups in total. The van der Waals surface area contributed by atoms with Crippen LogP contribution >= 0.6 is 39.3 Å². The minimum Gasteiger partial charge on any atom is -0.496 e. The maximum Gasteiger partial charge on any atom is 0.133 e. The number of halogens is 2. The van der Waals surface area contributed by atoms with Gasteiger partial charge in [-0.3, -0.25) is 0 Å². The second-order valence-electron chi connectivity index (χ2n) is 4.05. The predicted molar refractivity (Wildman–Crippen MR) is 87.1 cm³/mol. The highest BCUT2D eigenvalue weighted by Crippen LogP contribution is 2.28. The summed E-state index contributed by atoms with van der Waals surface area (Å²) in [5, 5.41) is 0.839. The van der Waals surface area contributed by atoms with Gasteiger partial charge in [-0.25, -0.2) is 0 Å². The van der Waals surface area contributed by atoms with Crippen LogP contribution in [0, 0.1) is 0 Å². The smallest absolute Gasteiger partial charge is 0.133 e. The third-order valence-electron chi connectivity index (χ3n) is 2.70. The molecule has 0 bridgehead atoms. The molecule has 0 aromatic heterocycles. The highest BCUT2D eigenvalue weighted by molar-refractivity contribution is 9.10. The number of hydrogen-bond acceptors (Lipinski definition) is 2. The van der Waals surface area contributed by atoms with Gasteiger partial charge in [0.15, 0.2) is 0 Å². The zero-order valence-corrected chi connectivity index (χ0v) is 13.7. The van der Waals surface area contributed by atoms with E-state index in [-0.39, 0.29) is 0 Å². The quantitative estimate of drug-likeness (QED) is 0.694. The first kappa shape index (κ1) is 14.8. The van der Waals surface area contributed by atoms with Crippen LogP contribution in [-0.2, 0) is 11.5 Å². The summed E-state index contributed by atoms with van der Waals surface area (Å²) >= 11 is 11.5. The van der Waals surface area contributed by atoms with Crippen LogP contribution < -0.4 is 4.74 Å². The van der Waals surface area contributed by atoms with E-state index in [0.717, 1.165) is 26.8 Å². The third kappa shape index (κ3) is 4.16. The van der Waals surface area contributed by atoms with E-state index in [9.17, 15) is 0 Å². The minimum absolute atomic E-state index is 0.839. The molecule has 0 unspecified atom stereocenters. The first-order valence-corrected chi connectivity index (χ1v) is 8.17. The molecule has 0 aliphatic carbocycles. The number of thioether (sulfide) groups is 1. The van der Waals surface area contributed by atoms with Crippen molar-refractivity contribution in [3.8, 4) is 5.75 Å². The summed E-state index contributed by atoms with van der Waals surface area (Å²) in [6.45, 7) is 0. The molecule has 0 aliphatic heterocycles. The van der Waals surface area contributed by atoms with E-state index >= 15 is 0 Å². The highest BCUT2D eigenvalue weighted by Gasteiger charge is 2.03. The van der Waals surface area contributed by atoms with Crippen LogP contribution in [0.2, 0.25) is 5.02 Å². The Morgan fingerprint density at radius 1 is 1.16 bits per heavy atom. The van der Waals surface area contributed by atoms with Crippen LogP contribution in [0.1, 0.15) is 11.1 Å². The summed E-state index contributed by atoms with van der Waals surface area (Å²) in [6.07, 6.45) is 0. The monoisotopic (exact) mass is 356 g/mol. The van der Waals surface area contributed by atoms with Crippen LogP contribution in [0.5, 0.6) is 5.75 Å². The molecule has 0 amide bonds. The molecule has 0 spiro atoms. The van der Waals surface area contributed by atoms with Gasteiger partial charge in [-0.2, -0.15) is 11.8 Å². The van der Waals surface area contributed by atoms with Crippen molar-refractivity contribution in [2.75, 3.05) is 7.11 Å². The molecule has 100 valence electrons. The van der Waals surface area contributed by atoms with Gasteiger partial charge < -0.3 is 4.74 Å². The van der Waals surface area contributed by atoms with Gasteiger partial charge in [0.2, 0.25) is 0 Å². The summed E-state index contributed by atoms with van der Waals surface area (Å²) < 4.78 is 6.21. The average molecular weight is 358 g/mol. The molecular weight excluding hydrogens is 344 g/mol. The average Bonchev–Trinajstić information content (AvgIpc) is 2.41.